The Hall–Kier alpha value is -4.94. The van der Waals surface area contributed by atoms with Crippen LogP contribution >= 0.6 is 11.8 Å². The maximum absolute atomic E-state index is 12.7. The summed E-state index contributed by atoms with van der Waals surface area (Å²) in [5, 5.41) is 16.3. The lowest BCUT2D eigenvalue weighted by Crippen LogP contribution is -2.31. The van der Waals surface area contributed by atoms with Crippen LogP contribution in [0.3, 0.4) is 0 Å². The van der Waals surface area contributed by atoms with E-state index in [-0.39, 0.29) is 43.5 Å². The van der Waals surface area contributed by atoms with E-state index in [4.69, 9.17) is 15.2 Å². The number of hydrogen-bond donors (Lipinski definition) is 4. The van der Waals surface area contributed by atoms with E-state index in [1.807, 2.05) is 90.6 Å². The van der Waals surface area contributed by atoms with Gasteiger partial charge in [0.25, 0.3) is 0 Å². The smallest absolute Gasteiger partial charge is 0.224 e. The van der Waals surface area contributed by atoms with Gasteiger partial charge in [-0.3, -0.25) is 9.59 Å². The molecular formula is C40H43N5O5S. The number of imidazole rings is 1. The summed E-state index contributed by atoms with van der Waals surface area (Å²) in [6.07, 6.45) is 4.49. The van der Waals surface area contributed by atoms with Gasteiger partial charge in [0.15, 0.2) is 11.4 Å². The molecular weight excluding hydrogens is 663 g/mol. The second-order valence-corrected chi connectivity index (χ2v) is 13.5. The van der Waals surface area contributed by atoms with Crippen LogP contribution in [0.1, 0.15) is 60.3 Å². The van der Waals surface area contributed by atoms with Gasteiger partial charge in [0.2, 0.25) is 11.8 Å². The fourth-order valence-electron chi connectivity index (χ4n) is 5.97. The largest absolute Gasteiger partial charge is 0.397 e. The number of aryl methyl sites for hydroxylation is 1. The number of aliphatic hydroxyl groups is 1. The second-order valence-electron chi connectivity index (χ2n) is 12.5. The lowest BCUT2D eigenvalue weighted by Gasteiger charge is -2.36. The minimum absolute atomic E-state index is 0.00543. The Morgan fingerprint density at radius 3 is 2.39 bits per heavy atom. The highest BCUT2D eigenvalue weighted by molar-refractivity contribution is 7.99. The van der Waals surface area contributed by atoms with E-state index in [1.165, 1.54) is 0 Å². The van der Waals surface area contributed by atoms with E-state index >= 15 is 0 Å². The van der Waals surface area contributed by atoms with E-state index in [0.29, 0.717) is 30.8 Å². The molecule has 10 nitrogen and oxygen atoms in total. The number of rotatable bonds is 14. The number of nitrogens with one attached hydrogen (secondary N) is 2. The molecule has 3 atom stereocenters. The van der Waals surface area contributed by atoms with Crippen molar-refractivity contribution in [2.45, 2.75) is 62.5 Å². The summed E-state index contributed by atoms with van der Waals surface area (Å²) < 4.78 is 15.1. The van der Waals surface area contributed by atoms with Crippen molar-refractivity contribution < 1.29 is 24.2 Å². The number of aliphatic hydroxyl groups excluding tert-OH is 1. The predicted octanol–water partition coefficient (Wildman–Crippen LogP) is 6.92. The molecule has 2 amide bonds. The molecule has 11 heteroatoms. The molecule has 1 aliphatic heterocycles. The first kappa shape index (κ1) is 35.9. The van der Waals surface area contributed by atoms with Gasteiger partial charge in [0, 0.05) is 56.6 Å². The Balaban J connectivity index is 1.07. The Kier molecular flexibility index (Phi) is 12.2. The fraction of sp³-hybridized carbons (Fsp3) is 0.275. The molecule has 0 saturated carbocycles. The predicted molar refractivity (Wildman–Crippen MR) is 199 cm³/mol. The van der Waals surface area contributed by atoms with Gasteiger partial charge in [0.05, 0.1) is 30.2 Å². The summed E-state index contributed by atoms with van der Waals surface area (Å²) in [5.41, 5.74) is 12.8. The first-order valence-electron chi connectivity index (χ1n) is 17.1. The van der Waals surface area contributed by atoms with Gasteiger partial charge in [-0.2, -0.15) is 0 Å². The molecule has 51 heavy (non-hydrogen) atoms. The number of carbonyl (C=O) groups is 2. The molecule has 1 fully saturated rings. The molecule has 1 aromatic heterocycles. The molecule has 0 bridgehead atoms. The first-order valence-corrected chi connectivity index (χ1v) is 18.0. The van der Waals surface area contributed by atoms with Crippen LogP contribution in [0.5, 0.6) is 0 Å². The van der Waals surface area contributed by atoms with Crippen LogP contribution in [0, 0.1) is 0 Å². The van der Waals surface area contributed by atoms with Crippen LogP contribution in [0.15, 0.2) is 115 Å². The summed E-state index contributed by atoms with van der Waals surface area (Å²) in [7, 11) is 1.98. The molecule has 5 aromatic rings. The van der Waals surface area contributed by atoms with Gasteiger partial charge < -0.3 is 35.5 Å². The SMILES string of the molecule is Cn1ccnc1SC[C@H]1C[C@@H](c2ccc(CO)cc2)O[C@@H](c2ccc(-c3ccccc3CNC(=O)CCCC(=O)Nc3ccccc3N)cc2)O1. The number of hydrogen-bond acceptors (Lipinski definition) is 8. The number of nitrogens with zero attached hydrogens (tertiary/aromatic N) is 2. The highest BCUT2D eigenvalue weighted by atomic mass is 32.2. The molecule has 1 aliphatic rings. The second kappa shape index (κ2) is 17.3. The monoisotopic (exact) mass is 705 g/mol. The molecule has 0 aliphatic carbocycles. The van der Waals surface area contributed by atoms with Gasteiger partial charge in [0.1, 0.15) is 0 Å². The van der Waals surface area contributed by atoms with Crippen molar-refractivity contribution in [3.8, 4) is 11.1 Å². The lowest BCUT2D eigenvalue weighted by molar-refractivity contribution is -0.245. The minimum Gasteiger partial charge on any atom is -0.397 e. The third-order valence-corrected chi connectivity index (χ3v) is 10.0. The number of thioether (sulfide) groups is 1. The third kappa shape index (κ3) is 9.65. The molecule has 6 rings (SSSR count). The third-order valence-electron chi connectivity index (χ3n) is 8.82. The van der Waals surface area contributed by atoms with Gasteiger partial charge >= 0.3 is 0 Å². The number of benzene rings is 4. The Labute approximate surface area is 302 Å². The molecule has 4 aromatic carbocycles. The van der Waals surface area contributed by atoms with Gasteiger partial charge in [-0.25, -0.2) is 4.98 Å². The van der Waals surface area contributed by atoms with E-state index in [2.05, 4.69) is 27.8 Å². The van der Waals surface area contributed by atoms with E-state index in [0.717, 1.165) is 44.3 Å². The van der Waals surface area contributed by atoms with Gasteiger partial charge in [-0.05, 0) is 46.4 Å². The highest BCUT2D eigenvalue weighted by Crippen LogP contribution is 2.40. The molecule has 1 saturated heterocycles. The molecule has 5 N–H and O–H groups in total. The zero-order valence-corrected chi connectivity index (χ0v) is 29.4. The van der Waals surface area contributed by atoms with Crippen molar-refractivity contribution in [1.82, 2.24) is 14.9 Å². The van der Waals surface area contributed by atoms with Gasteiger partial charge in [-0.15, -0.1) is 0 Å². The summed E-state index contributed by atoms with van der Waals surface area (Å²) in [6, 6.07) is 31.1. The van der Waals surface area contributed by atoms with E-state index < -0.39 is 6.29 Å². The van der Waals surface area contributed by atoms with Crippen LogP contribution in [0.25, 0.3) is 11.1 Å². The molecule has 264 valence electrons. The number of nitrogen functional groups attached to an aromatic ring is 1. The molecule has 2 heterocycles. The number of anilines is 2. The zero-order valence-electron chi connectivity index (χ0n) is 28.5. The van der Waals surface area contributed by atoms with Crippen molar-refractivity contribution in [3.63, 3.8) is 0 Å². The molecule has 0 unspecified atom stereocenters. The number of carbonyl (C=O) groups excluding carboxylic acids is 2. The maximum Gasteiger partial charge on any atom is 0.224 e. The number of nitrogens with two attached hydrogens (primary N) is 1. The van der Waals surface area contributed by atoms with Crippen molar-refractivity contribution in [2.24, 2.45) is 7.05 Å². The van der Waals surface area contributed by atoms with Crippen molar-refractivity contribution >= 4 is 35.0 Å². The average Bonchev–Trinajstić information content (AvgIpc) is 3.58. The Morgan fingerprint density at radius 2 is 1.65 bits per heavy atom. The van der Waals surface area contributed by atoms with Crippen LogP contribution in [0.2, 0.25) is 0 Å². The van der Waals surface area contributed by atoms with Crippen molar-refractivity contribution in [3.05, 3.63) is 132 Å². The highest BCUT2D eigenvalue weighted by Gasteiger charge is 2.32. The topological polar surface area (TPSA) is 141 Å². The summed E-state index contributed by atoms with van der Waals surface area (Å²) in [4.78, 5) is 29.5. The number of aromatic nitrogens is 2. The Morgan fingerprint density at radius 1 is 0.922 bits per heavy atom. The number of para-hydroxylation sites is 2. The number of amides is 2. The van der Waals surface area contributed by atoms with Crippen molar-refractivity contribution in [2.75, 3.05) is 16.8 Å². The zero-order chi connectivity index (χ0) is 35.6. The summed E-state index contributed by atoms with van der Waals surface area (Å²) in [5.74, 6) is 0.433. The number of ether oxygens (including phenoxy) is 2. The fourth-order valence-corrected chi connectivity index (χ4v) is 6.92. The van der Waals surface area contributed by atoms with Crippen LogP contribution in [-0.4, -0.2) is 38.3 Å². The average molecular weight is 706 g/mol. The van der Waals surface area contributed by atoms with Crippen molar-refractivity contribution in [1.29, 1.82) is 0 Å². The van der Waals surface area contributed by atoms with Crippen LogP contribution < -0.4 is 16.4 Å². The summed E-state index contributed by atoms with van der Waals surface area (Å²) in [6.45, 7) is 0.360. The molecule has 0 radical (unpaired) electrons. The standard InChI is InChI=1S/C40H43N5O5S/c1-45-22-21-42-40(45)51-26-32-23-36(29-15-13-27(25-46)14-16-29)50-39(49-32)30-19-17-28(18-20-30)33-8-3-2-7-31(33)24-43-37(47)11-6-12-38(48)44-35-10-5-4-9-34(35)41/h2-5,7-10,13-22,32,36,39,46H,6,11-12,23-26,41H2,1H3,(H,43,47)(H,44,48)/t32-,36+,39+/m1/s1. The maximum atomic E-state index is 12.7. The molecule has 0 spiro atoms. The van der Waals surface area contributed by atoms with Crippen LogP contribution in [0.4, 0.5) is 11.4 Å². The van der Waals surface area contributed by atoms with Gasteiger partial charge in [-0.1, -0.05) is 96.7 Å². The quantitative estimate of drug-likeness (QED) is 0.0721. The van der Waals surface area contributed by atoms with E-state index in [1.54, 1.807) is 30.1 Å². The summed E-state index contributed by atoms with van der Waals surface area (Å²) >= 11 is 1.66. The normalized spacial score (nSPS) is 17.2. The lowest BCUT2D eigenvalue weighted by atomic mass is 9.97. The minimum atomic E-state index is -0.566. The first-order chi connectivity index (χ1) is 24.9. The van der Waals surface area contributed by atoms with E-state index in [9.17, 15) is 14.7 Å². The Bertz CT molecular complexity index is 1910. The van der Waals surface area contributed by atoms with Crippen LogP contribution in [-0.2, 0) is 39.3 Å².